The maximum Gasteiger partial charge on any atom is 0.0409 e. The van der Waals surface area contributed by atoms with Crippen LogP contribution in [0.25, 0.3) is 0 Å². The third kappa shape index (κ3) is 2.58. The van der Waals surface area contributed by atoms with E-state index in [1.807, 2.05) is 0 Å². The Hall–Kier alpha value is -0.820. The van der Waals surface area contributed by atoms with E-state index in [-0.39, 0.29) is 5.54 Å². The number of hydrogen-bond acceptors (Lipinski definition) is 1. The van der Waals surface area contributed by atoms with Crippen LogP contribution in [0.15, 0.2) is 24.3 Å². The Balaban J connectivity index is 1.69. The first-order valence-corrected chi connectivity index (χ1v) is 7.88. The first-order valence-electron chi connectivity index (χ1n) is 7.88. The topological polar surface area (TPSA) is 26.0 Å². The molecular weight excluding hydrogens is 230 g/mol. The molecule has 0 saturated heterocycles. The lowest BCUT2D eigenvalue weighted by Gasteiger charge is -2.39. The summed E-state index contributed by atoms with van der Waals surface area (Å²) in [7, 11) is 0. The second-order valence-corrected chi connectivity index (χ2v) is 7.57. The molecule has 2 saturated carbocycles. The van der Waals surface area contributed by atoms with Crippen molar-refractivity contribution in [2.75, 3.05) is 0 Å². The Labute approximate surface area is 117 Å². The number of hydrogen-bond donors (Lipinski definition) is 1. The molecular formula is C18H27N. The van der Waals surface area contributed by atoms with Crippen molar-refractivity contribution in [2.24, 2.45) is 11.1 Å². The minimum Gasteiger partial charge on any atom is -0.321 e. The van der Waals surface area contributed by atoms with Crippen LogP contribution in [0.1, 0.15) is 75.8 Å². The summed E-state index contributed by atoms with van der Waals surface area (Å²) in [6, 6.07) is 9.25. The molecule has 0 bridgehead atoms. The summed E-state index contributed by atoms with van der Waals surface area (Å²) >= 11 is 0. The van der Waals surface area contributed by atoms with Crippen LogP contribution in [0.4, 0.5) is 0 Å². The summed E-state index contributed by atoms with van der Waals surface area (Å²) in [5.41, 5.74) is 9.82. The average molecular weight is 257 g/mol. The van der Waals surface area contributed by atoms with Gasteiger partial charge in [0, 0.05) is 5.54 Å². The average Bonchev–Trinajstić information content (AvgIpc) is 2.36. The Kier molecular flexibility index (Phi) is 3.21. The van der Waals surface area contributed by atoms with Crippen molar-refractivity contribution in [2.45, 2.75) is 70.3 Å². The van der Waals surface area contributed by atoms with Crippen molar-refractivity contribution in [3.63, 3.8) is 0 Å². The van der Waals surface area contributed by atoms with Gasteiger partial charge in [-0.3, -0.25) is 0 Å². The monoisotopic (exact) mass is 257 g/mol. The molecule has 0 aliphatic heterocycles. The highest BCUT2D eigenvalue weighted by molar-refractivity contribution is 5.31. The van der Waals surface area contributed by atoms with Crippen molar-refractivity contribution >= 4 is 0 Å². The summed E-state index contributed by atoms with van der Waals surface area (Å²) in [4.78, 5) is 0. The van der Waals surface area contributed by atoms with Gasteiger partial charge in [0.2, 0.25) is 0 Å². The van der Waals surface area contributed by atoms with Gasteiger partial charge in [0.15, 0.2) is 0 Å². The molecule has 0 aromatic heterocycles. The maximum absolute atomic E-state index is 6.39. The van der Waals surface area contributed by atoms with E-state index in [4.69, 9.17) is 5.73 Å². The van der Waals surface area contributed by atoms with Gasteiger partial charge in [-0.05, 0) is 67.4 Å². The van der Waals surface area contributed by atoms with Gasteiger partial charge >= 0.3 is 0 Å². The van der Waals surface area contributed by atoms with E-state index in [0.717, 1.165) is 18.8 Å². The predicted molar refractivity (Wildman–Crippen MR) is 81.1 cm³/mol. The molecule has 3 rings (SSSR count). The van der Waals surface area contributed by atoms with Gasteiger partial charge in [-0.1, -0.05) is 38.1 Å². The van der Waals surface area contributed by atoms with Gasteiger partial charge in [-0.2, -0.15) is 0 Å². The summed E-state index contributed by atoms with van der Waals surface area (Å²) in [6.45, 7) is 4.81. The van der Waals surface area contributed by atoms with Crippen molar-refractivity contribution in [3.8, 4) is 0 Å². The summed E-state index contributed by atoms with van der Waals surface area (Å²) in [6.07, 6.45) is 9.02. The van der Waals surface area contributed by atoms with Crippen LogP contribution in [0.3, 0.4) is 0 Å². The van der Waals surface area contributed by atoms with E-state index in [1.165, 1.54) is 43.2 Å². The molecule has 1 aromatic rings. The fourth-order valence-electron chi connectivity index (χ4n) is 3.67. The van der Waals surface area contributed by atoms with Crippen LogP contribution >= 0.6 is 0 Å². The number of benzene rings is 1. The Bertz CT molecular complexity index is 429. The fourth-order valence-corrected chi connectivity index (χ4v) is 3.67. The van der Waals surface area contributed by atoms with E-state index < -0.39 is 0 Å². The molecule has 0 radical (unpaired) electrons. The normalized spacial score (nSPS) is 25.8. The minimum absolute atomic E-state index is 0.00686. The molecule has 2 N–H and O–H groups in total. The van der Waals surface area contributed by atoms with E-state index >= 15 is 0 Å². The van der Waals surface area contributed by atoms with Crippen molar-refractivity contribution in [1.82, 2.24) is 0 Å². The van der Waals surface area contributed by atoms with Crippen LogP contribution in [0.2, 0.25) is 0 Å². The second kappa shape index (κ2) is 4.63. The lowest BCUT2D eigenvalue weighted by molar-refractivity contribution is 0.224. The van der Waals surface area contributed by atoms with Gasteiger partial charge in [-0.15, -0.1) is 0 Å². The standard InChI is InChI=1S/C18H27N/c1-17(2)12-8-15(9-13-17)14-4-6-16(7-5-14)18(19)10-3-11-18/h4-7,15H,3,8-13,19H2,1-2H3. The molecule has 0 unspecified atom stereocenters. The van der Waals surface area contributed by atoms with E-state index in [9.17, 15) is 0 Å². The minimum atomic E-state index is -0.00686. The molecule has 0 heterocycles. The number of rotatable bonds is 2. The van der Waals surface area contributed by atoms with Crippen molar-refractivity contribution in [1.29, 1.82) is 0 Å². The Morgan fingerprint density at radius 1 is 0.947 bits per heavy atom. The van der Waals surface area contributed by atoms with Gasteiger partial charge < -0.3 is 5.73 Å². The second-order valence-electron chi connectivity index (χ2n) is 7.57. The first kappa shape index (κ1) is 13.2. The zero-order valence-electron chi connectivity index (χ0n) is 12.4. The predicted octanol–water partition coefficient (Wildman–Crippen LogP) is 4.71. The van der Waals surface area contributed by atoms with Gasteiger partial charge in [-0.25, -0.2) is 0 Å². The Morgan fingerprint density at radius 3 is 2.00 bits per heavy atom. The molecule has 1 heteroatoms. The summed E-state index contributed by atoms with van der Waals surface area (Å²) in [5, 5.41) is 0. The van der Waals surface area contributed by atoms with E-state index in [0.29, 0.717) is 5.41 Å². The quantitative estimate of drug-likeness (QED) is 0.816. The van der Waals surface area contributed by atoms with E-state index in [2.05, 4.69) is 38.1 Å². The van der Waals surface area contributed by atoms with Gasteiger partial charge in [0.05, 0.1) is 0 Å². The van der Waals surface area contributed by atoms with Gasteiger partial charge in [0.1, 0.15) is 0 Å². The highest BCUT2D eigenvalue weighted by Crippen LogP contribution is 2.43. The third-order valence-corrected chi connectivity index (χ3v) is 5.54. The van der Waals surface area contributed by atoms with Crippen LogP contribution in [0, 0.1) is 5.41 Å². The molecule has 2 aliphatic rings. The maximum atomic E-state index is 6.39. The largest absolute Gasteiger partial charge is 0.321 e. The molecule has 0 atom stereocenters. The van der Waals surface area contributed by atoms with E-state index in [1.54, 1.807) is 0 Å². The summed E-state index contributed by atoms with van der Waals surface area (Å²) < 4.78 is 0. The Morgan fingerprint density at radius 2 is 1.53 bits per heavy atom. The summed E-state index contributed by atoms with van der Waals surface area (Å²) in [5.74, 6) is 0.775. The first-order chi connectivity index (χ1) is 8.99. The molecule has 2 fully saturated rings. The SMILES string of the molecule is CC1(C)CCC(c2ccc(C3(N)CCC3)cc2)CC1. The highest BCUT2D eigenvalue weighted by atomic mass is 14.8. The molecule has 0 amide bonds. The fraction of sp³-hybridized carbons (Fsp3) is 0.667. The van der Waals surface area contributed by atoms with Crippen molar-refractivity contribution in [3.05, 3.63) is 35.4 Å². The molecule has 2 aliphatic carbocycles. The number of nitrogens with two attached hydrogens (primary N) is 1. The molecule has 104 valence electrons. The zero-order valence-corrected chi connectivity index (χ0v) is 12.4. The molecule has 1 aromatic carbocycles. The van der Waals surface area contributed by atoms with Crippen molar-refractivity contribution < 1.29 is 0 Å². The molecule has 19 heavy (non-hydrogen) atoms. The smallest absolute Gasteiger partial charge is 0.0409 e. The van der Waals surface area contributed by atoms with Crippen LogP contribution in [-0.2, 0) is 5.54 Å². The zero-order chi connectivity index (χ0) is 13.5. The van der Waals surface area contributed by atoms with Gasteiger partial charge in [0.25, 0.3) is 0 Å². The highest BCUT2D eigenvalue weighted by Gasteiger charge is 2.34. The van der Waals surface area contributed by atoms with Crippen LogP contribution < -0.4 is 5.73 Å². The molecule has 1 nitrogen and oxygen atoms in total. The third-order valence-electron chi connectivity index (χ3n) is 5.54. The van der Waals surface area contributed by atoms with Crippen LogP contribution in [0.5, 0.6) is 0 Å². The van der Waals surface area contributed by atoms with Crippen LogP contribution in [-0.4, -0.2) is 0 Å². The molecule has 0 spiro atoms. The lowest BCUT2D eigenvalue weighted by atomic mass is 9.70. The lowest BCUT2D eigenvalue weighted by Crippen LogP contribution is -2.43.